The molecule has 1 N–H and O–H groups in total. The first kappa shape index (κ1) is 20.0. The van der Waals surface area contributed by atoms with E-state index in [2.05, 4.69) is 5.32 Å². The predicted octanol–water partition coefficient (Wildman–Crippen LogP) is 5.26. The Morgan fingerprint density at radius 1 is 1.10 bits per heavy atom. The van der Waals surface area contributed by atoms with Gasteiger partial charge in [-0.1, -0.05) is 31.0 Å². The van der Waals surface area contributed by atoms with Crippen molar-refractivity contribution in [3.05, 3.63) is 59.9 Å². The molecule has 29 heavy (non-hydrogen) atoms. The largest absolute Gasteiger partial charge is 0.451 e. The molecule has 3 aromatic rings. The number of furan rings is 1. The molecule has 0 spiro atoms. The molecule has 5 nitrogen and oxygen atoms in total. The molecule has 1 fully saturated rings. The van der Waals surface area contributed by atoms with E-state index in [4.69, 9.17) is 4.42 Å². The number of anilines is 1. The number of carbonyl (C=O) groups is 1. The van der Waals surface area contributed by atoms with E-state index in [1.807, 2.05) is 36.0 Å². The molecule has 0 saturated heterocycles. The second kappa shape index (κ2) is 8.24. The van der Waals surface area contributed by atoms with E-state index in [1.54, 1.807) is 24.3 Å². The van der Waals surface area contributed by atoms with Gasteiger partial charge in [0.15, 0.2) is 15.6 Å². The van der Waals surface area contributed by atoms with Gasteiger partial charge in [-0.05, 0) is 43.2 Å². The van der Waals surface area contributed by atoms with E-state index < -0.39 is 15.7 Å². The van der Waals surface area contributed by atoms with Crippen LogP contribution < -0.4 is 5.32 Å². The van der Waals surface area contributed by atoms with E-state index in [-0.39, 0.29) is 11.5 Å². The van der Waals surface area contributed by atoms with Gasteiger partial charge in [-0.25, -0.2) is 8.42 Å². The van der Waals surface area contributed by atoms with Gasteiger partial charge < -0.3 is 9.73 Å². The molecule has 0 atom stereocenters. The van der Waals surface area contributed by atoms with Crippen LogP contribution in [0.1, 0.15) is 41.8 Å². The molecule has 1 amide bonds. The molecule has 0 unspecified atom stereocenters. The van der Waals surface area contributed by atoms with Gasteiger partial charge in [0, 0.05) is 33.0 Å². The molecule has 152 valence electrons. The molecule has 0 bridgehead atoms. The number of hydrogen-bond donors (Lipinski definition) is 1. The molecule has 1 aromatic heterocycles. The Morgan fingerprint density at radius 2 is 1.79 bits per heavy atom. The fourth-order valence-corrected chi connectivity index (χ4v) is 5.75. The minimum Gasteiger partial charge on any atom is -0.451 e. The summed E-state index contributed by atoms with van der Waals surface area (Å²) in [6.45, 7) is 0. The van der Waals surface area contributed by atoms with Crippen LogP contribution in [0.25, 0.3) is 11.0 Å². The van der Waals surface area contributed by atoms with Gasteiger partial charge in [0.05, 0.1) is 5.75 Å². The number of thioether (sulfide) groups is 1. The first-order chi connectivity index (χ1) is 13.9. The molecule has 7 heteroatoms. The second-order valence-electron chi connectivity index (χ2n) is 7.48. The summed E-state index contributed by atoms with van der Waals surface area (Å²) in [6, 6.07) is 14.8. The Bertz CT molecular complexity index is 1130. The fraction of sp³-hybridized carbons (Fsp3) is 0.318. The third-order valence-corrected chi connectivity index (χ3v) is 7.19. The molecule has 1 heterocycles. The summed E-state index contributed by atoms with van der Waals surface area (Å²) in [5.74, 6) is -0.652. The number of benzene rings is 2. The van der Waals surface area contributed by atoms with Crippen molar-refractivity contribution in [2.45, 2.75) is 41.6 Å². The average molecular weight is 430 g/mol. The zero-order chi connectivity index (χ0) is 20.4. The molecule has 0 aliphatic heterocycles. The zero-order valence-electron chi connectivity index (χ0n) is 16.2. The fourth-order valence-electron chi connectivity index (χ4n) is 3.69. The van der Waals surface area contributed by atoms with E-state index in [9.17, 15) is 13.2 Å². The Balaban J connectivity index is 1.55. The van der Waals surface area contributed by atoms with Crippen LogP contribution in [-0.2, 0) is 15.6 Å². The maximum Gasteiger partial charge on any atom is 0.291 e. The van der Waals surface area contributed by atoms with Crippen LogP contribution in [0.4, 0.5) is 5.69 Å². The summed E-state index contributed by atoms with van der Waals surface area (Å²) in [5, 5.41) is 4.16. The lowest BCUT2D eigenvalue weighted by Gasteiger charge is -2.10. The maximum atomic E-state index is 12.8. The monoisotopic (exact) mass is 429 g/mol. The third kappa shape index (κ3) is 4.85. The normalized spacial score (nSPS) is 15.1. The van der Waals surface area contributed by atoms with Crippen molar-refractivity contribution >= 4 is 44.2 Å². The van der Waals surface area contributed by atoms with Crippen molar-refractivity contribution in [3.63, 3.8) is 0 Å². The minimum absolute atomic E-state index is 0.0426. The minimum atomic E-state index is -3.33. The highest BCUT2D eigenvalue weighted by Crippen LogP contribution is 2.35. The number of amides is 1. The number of rotatable bonds is 6. The van der Waals surface area contributed by atoms with Crippen molar-refractivity contribution in [1.82, 2.24) is 0 Å². The van der Waals surface area contributed by atoms with Crippen LogP contribution in [0.3, 0.4) is 0 Å². The zero-order valence-corrected chi connectivity index (χ0v) is 17.8. The lowest BCUT2D eigenvalue weighted by Crippen LogP contribution is -2.14. The van der Waals surface area contributed by atoms with Gasteiger partial charge in [-0.3, -0.25) is 4.79 Å². The number of para-hydroxylation sites is 1. The summed E-state index contributed by atoms with van der Waals surface area (Å²) >= 11 is 1.89. The summed E-state index contributed by atoms with van der Waals surface area (Å²) in [7, 11) is -3.33. The molecule has 1 aliphatic carbocycles. The van der Waals surface area contributed by atoms with Gasteiger partial charge >= 0.3 is 0 Å². The van der Waals surface area contributed by atoms with Gasteiger partial charge in [0.1, 0.15) is 5.58 Å². The standard InChI is InChI=1S/C22H23NO4S2/c1-29(25,26)14-19-18-8-4-5-9-20(18)27-21(19)22(24)23-15-10-12-17(13-11-15)28-16-6-2-3-7-16/h4-5,8-13,16H,2-3,6-7,14H2,1H3,(H,23,24). The van der Waals surface area contributed by atoms with Crippen LogP contribution in [0, 0.1) is 0 Å². The van der Waals surface area contributed by atoms with E-state index >= 15 is 0 Å². The highest BCUT2D eigenvalue weighted by Gasteiger charge is 2.23. The molecule has 2 aromatic carbocycles. The number of hydrogen-bond acceptors (Lipinski definition) is 5. The number of fused-ring (bicyclic) bond motifs is 1. The SMILES string of the molecule is CS(=O)(=O)Cc1c(C(=O)Nc2ccc(SC3CCCC3)cc2)oc2ccccc12. The Kier molecular flexibility index (Phi) is 5.69. The van der Waals surface area contributed by atoms with E-state index in [0.717, 1.165) is 6.26 Å². The van der Waals surface area contributed by atoms with Gasteiger partial charge in [0.25, 0.3) is 5.91 Å². The van der Waals surface area contributed by atoms with Crippen molar-refractivity contribution in [2.24, 2.45) is 0 Å². The molecule has 1 aliphatic rings. The summed E-state index contributed by atoms with van der Waals surface area (Å²) in [6.07, 6.45) is 6.28. The maximum absolute atomic E-state index is 12.8. The van der Waals surface area contributed by atoms with Crippen LogP contribution in [0.2, 0.25) is 0 Å². The van der Waals surface area contributed by atoms with Crippen molar-refractivity contribution in [1.29, 1.82) is 0 Å². The quantitative estimate of drug-likeness (QED) is 0.578. The third-order valence-electron chi connectivity index (χ3n) is 5.03. The molecule has 1 saturated carbocycles. The van der Waals surface area contributed by atoms with E-state index in [0.29, 0.717) is 27.5 Å². The lowest BCUT2D eigenvalue weighted by atomic mass is 10.1. The van der Waals surface area contributed by atoms with Gasteiger partial charge in [-0.2, -0.15) is 0 Å². The van der Waals surface area contributed by atoms with Crippen LogP contribution >= 0.6 is 11.8 Å². The smallest absolute Gasteiger partial charge is 0.291 e. The Hall–Kier alpha value is -2.25. The van der Waals surface area contributed by atoms with Crippen LogP contribution in [0.5, 0.6) is 0 Å². The van der Waals surface area contributed by atoms with Crippen molar-refractivity contribution in [2.75, 3.05) is 11.6 Å². The first-order valence-corrected chi connectivity index (χ1v) is 12.6. The average Bonchev–Trinajstić information content (AvgIpc) is 3.30. The Morgan fingerprint density at radius 3 is 2.48 bits per heavy atom. The highest BCUT2D eigenvalue weighted by molar-refractivity contribution is 8.00. The molecular weight excluding hydrogens is 406 g/mol. The molecule has 4 rings (SSSR count). The molecular formula is C22H23NO4S2. The van der Waals surface area contributed by atoms with Crippen molar-refractivity contribution < 1.29 is 17.6 Å². The van der Waals surface area contributed by atoms with Crippen LogP contribution in [0.15, 0.2) is 57.8 Å². The predicted molar refractivity (Wildman–Crippen MR) is 117 cm³/mol. The summed E-state index contributed by atoms with van der Waals surface area (Å²) < 4.78 is 29.5. The lowest BCUT2D eigenvalue weighted by molar-refractivity contribution is 0.0998. The number of nitrogens with one attached hydrogen (secondary N) is 1. The highest BCUT2D eigenvalue weighted by atomic mass is 32.2. The topological polar surface area (TPSA) is 76.4 Å². The number of sulfone groups is 1. The number of carbonyl (C=O) groups excluding carboxylic acids is 1. The second-order valence-corrected chi connectivity index (χ2v) is 11.0. The first-order valence-electron chi connectivity index (χ1n) is 9.65. The molecule has 0 radical (unpaired) electrons. The summed E-state index contributed by atoms with van der Waals surface area (Å²) in [5.41, 5.74) is 1.55. The van der Waals surface area contributed by atoms with E-state index in [1.165, 1.54) is 30.6 Å². The van der Waals surface area contributed by atoms with Crippen molar-refractivity contribution in [3.8, 4) is 0 Å². The Labute approximate surface area is 174 Å². The summed E-state index contributed by atoms with van der Waals surface area (Å²) in [4.78, 5) is 14.0. The van der Waals surface area contributed by atoms with Crippen LogP contribution in [-0.4, -0.2) is 25.8 Å². The van der Waals surface area contributed by atoms with Gasteiger partial charge in [0.2, 0.25) is 0 Å². The van der Waals surface area contributed by atoms with Gasteiger partial charge in [-0.15, -0.1) is 11.8 Å².